The zero-order valence-electron chi connectivity index (χ0n) is 11.8. The van der Waals surface area contributed by atoms with Crippen LogP contribution in [0.3, 0.4) is 0 Å². The van der Waals surface area contributed by atoms with Gasteiger partial charge in [-0.05, 0) is 18.1 Å². The summed E-state index contributed by atoms with van der Waals surface area (Å²) < 4.78 is 9.78. The van der Waals surface area contributed by atoms with Gasteiger partial charge in [-0.1, -0.05) is 26.0 Å². The highest BCUT2D eigenvalue weighted by atomic mass is 16.5. The van der Waals surface area contributed by atoms with Crippen LogP contribution in [0, 0.1) is 5.92 Å². The van der Waals surface area contributed by atoms with Gasteiger partial charge in [0, 0.05) is 5.56 Å². The Labute approximate surface area is 117 Å². The van der Waals surface area contributed by atoms with E-state index in [2.05, 4.69) is 4.74 Å². The normalized spacial score (nSPS) is 10.2. The van der Waals surface area contributed by atoms with Gasteiger partial charge in [-0.15, -0.1) is 0 Å². The van der Waals surface area contributed by atoms with E-state index in [1.165, 1.54) is 0 Å². The molecule has 0 aromatic heterocycles. The first-order valence-electron chi connectivity index (χ1n) is 6.31. The minimum Gasteiger partial charge on any atom is -0.493 e. The molecule has 0 amide bonds. The van der Waals surface area contributed by atoms with Crippen molar-refractivity contribution in [3.63, 3.8) is 0 Å². The number of hydrogen-bond donors (Lipinski definition) is 0. The highest BCUT2D eigenvalue weighted by Crippen LogP contribution is 2.16. The van der Waals surface area contributed by atoms with Gasteiger partial charge in [0.15, 0.2) is 5.78 Å². The van der Waals surface area contributed by atoms with Crippen molar-refractivity contribution in [3.05, 3.63) is 29.8 Å². The average molecular weight is 278 g/mol. The summed E-state index contributed by atoms with van der Waals surface area (Å²) in [5.74, 6) is -1.36. The number of ketones is 2. The summed E-state index contributed by atoms with van der Waals surface area (Å²) in [6.07, 6.45) is -0.500. The van der Waals surface area contributed by atoms with Crippen LogP contribution in [0.15, 0.2) is 24.3 Å². The van der Waals surface area contributed by atoms with Gasteiger partial charge in [-0.25, -0.2) is 4.79 Å². The fraction of sp³-hybridized carbons (Fsp3) is 0.400. The average Bonchev–Trinajstić information content (AvgIpc) is 2.44. The van der Waals surface area contributed by atoms with Crippen LogP contribution in [0.5, 0.6) is 5.75 Å². The molecule has 1 aromatic rings. The number of methoxy groups -OCH3 is 1. The molecule has 0 radical (unpaired) electrons. The van der Waals surface area contributed by atoms with Crippen LogP contribution in [0.25, 0.3) is 0 Å². The van der Waals surface area contributed by atoms with Crippen LogP contribution in [-0.2, 0) is 14.3 Å². The number of hydrogen-bond acceptors (Lipinski definition) is 5. The molecule has 108 valence electrons. The summed E-state index contributed by atoms with van der Waals surface area (Å²) in [6, 6.07) is 6.55. The summed E-state index contributed by atoms with van der Waals surface area (Å²) in [7, 11) is 1.10. The van der Waals surface area contributed by atoms with Gasteiger partial charge in [-0.3, -0.25) is 9.59 Å². The van der Waals surface area contributed by atoms with Gasteiger partial charge < -0.3 is 9.47 Å². The lowest BCUT2D eigenvalue weighted by molar-refractivity contribution is -0.151. The third kappa shape index (κ3) is 4.84. The molecule has 0 aliphatic carbocycles. The van der Waals surface area contributed by atoms with E-state index in [1.54, 1.807) is 24.3 Å². The SMILES string of the molecule is COC(=O)C(=O)CC(=O)c1cccc(OCC(C)C)c1. The molecule has 0 saturated heterocycles. The van der Waals surface area contributed by atoms with Gasteiger partial charge in [0.05, 0.1) is 20.1 Å². The highest BCUT2D eigenvalue weighted by Gasteiger charge is 2.19. The number of esters is 1. The molecular weight excluding hydrogens is 260 g/mol. The first kappa shape index (κ1) is 15.9. The zero-order chi connectivity index (χ0) is 15.1. The van der Waals surface area contributed by atoms with Crippen LogP contribution >= 0.6 is 0 Å². The molecule has 20 heavy (non-hydrogen) atoms. The molecule has 0 spiro atoms. The topological polar surface area (TPSA) is 69.7 Å². The second kappa shape index (κ2) is 7.43. The second-order valence-electron chi connectivity index (χ2n) is 4.75. The Hall–Kier alpha value is -2.17. The van der Waals surface area contributed by atoms with E-state index in [0.717, 1.165) is 7.11 Å². The van der Waals surface area contributed by atoms with Gasteiger partial charge in [0.25, 0.3) is 0 Å². The minimum absolute atomic E-state index is 0.337. The Morgan fingerprint density at radius 2 is 1.90 bits per heavy atom. The molecule has 0 bridgehead atoms. The molecule has 1 aromatic carbocycles. The van der Waals surface area contributed by atoms with Gasteiger partial charge >= 0.3 is 5.97 Å². The molecule has 0 N–H and O–H groups in total. The van der Waals surface area contributed by atoms with E-state index in [1.807, 2.05) is 13.8 Å². The molecule has 0 aliphatic rings. The second-order valence-corrected chi connectivity index (χ2v) is 4.75. The maximum Gasteiger partial charge on any atom is 0.374 e. The molecule has 0 heterocycles. The smallest absolute Gasteiger partial charge is 0.374 e. The van der Waals surface area contributed by atoms with Crippen molar-refractivity contribution < 1.29 is 23.9 Å². The van der Waals surface area contributed by atoms with Gasteiger partial charge in [-0.2, -0.15) is 0 Å². The lowest BCUT2D eigenvalue weighted by atomic mass is 10.1. The third-order valence-electron chi connectivity index (χ3n) is 2.47. The lowest BCUT2D eigenvalue weighted by Gasteiger charge is -2.09. The van der Waals surface area contributed by atoms with Crippen molar-refractivity contribution in [2.75, 3.05) is 13.7 Å². The van der Waals surface area contributed by atoms with Gasteiger partial charge in [0.2, 0.25) is 5.78 Å². The number of rotatable bonds is 7. The van der Waals surface area contributed by atoms with Gasteiger partial charge in [0.1, 0.15) is 5.75 Å². The molecular formula is C15H18O5. The highest BCUT2D eigenvalue weighted by molar-refractivity contribution is 6.38. The predicted octanol–water partition coefficient (Wildman–Crippen LogP) is 2.04. The van der Waals surface area contributed by atoms with E-state index >= 15 is 0 Å². The number of Topliss-reactive ketones (excluding diaryl/α,β-unsaturated/α-hetero) is 2. The Bertz CT molecular complexity index is 505. The molecule has 0 fully saturated rings. The van der Waals surface area contributed by atoms with Crippen molar-refractivity contribution in [1.82, 2.24) is 0 Å². The molecule has 0 aliphatic heterocycles. The molecule has 0 saturated carbocycles. The minimum atomic E-state index is -1.01. The summed E-state index contributed by atoms with van der Waals surface area (Å²) in [5, 5.41) is 0. The maximum absolute atomic E-state index is 11.9. The number of ether oxygens (including phenoxy) is 2. The van der Waals surface area contributed by atoms with Crippen LogP contribution < -0.4 is 4.74 Å². The summed E-state index contributed by atoms with van der Waals surface area (Å²) in [6.45, 7) is 4.58. The Balaban J connectivity index is 2.71. The predicted molar refractivity (Wildman–Crippen MR) is 72.7 cm³/mol. The number of carbonyl (C=O) groups is 3. The monoisotopic (exact) mass is 278 g/mol. The van der Waals surface area contributed by atoms with Crippen molar-refractivity contribution >= 4 is 17.5 Å². The molecule has 5 nitrogen and oxygen atoms in total. The Kier molecular flexibility index (Phi) is 5.90. The fourth-order valence-corrected chi connectivity index (χ4v) is 1.46. The van der Waals surface area contributed by atoms with Crippen LogP contribution in [-0.4, -0.2) is 31.3 Å². The summed E-state index contributed by atoms with van der Waals surface area (Å²) in [5.41, 5.74) is 0.337. The lowest BCUT2D eigenvalue weighted by Crippen LogP contribution is -2.19. The summed E-state index contributed by atoms with van der Waals surface area (Å²) in [4.78, 5) is 34.2. The molecule has 5 heteroatoms. The number of benzene rings is 1. The fourth-order valence-electron chi connectivity index (χ4n) is 1.46. The van der Waals surface area contributed by atoms with Crippen LogP contribution in [0.2, 0.25) is 0 Å². The Morgan fingerprint density at radius 3 is 2.50 bits per heavy atom. The molecule has 0 unspecified atom stereocenters. The first-order chi connectivity index (χ1) is 9.43. The summed E-state index contributed by atoms with van der Waals surface area (Å²) >= 11 is 0. The zero-order valence-corrected chi connectivity index (χ0v) is 11.8. The molecule has 0 atom stereocenters. The van der Waals surface area contributed by atoms with E-state index in [4.69, 9.17) is 4.74 Å². The third-order valence-corrected chi connectivity index (χ3v) is 2.47. The van der Waals surface area contributed by atoms with E-state index in [0.29, 0.717) is 23.8 Å². The standard InChI is InChI=1S/C15H18O5/c1-10(2)9-20-12-6-4-5-11(7-12)13(16)8-14(17)15(18)19-3/h4-7,10H,8-9H2,1-3H3. The molecule has 1 rings (SSSR count). The first-order valence-corrected chi connectivity index (χ1v) is 6.31. The van der Waals surface area contributed by atoms with E-state index < -0.39 is 24.0 Å². The van der Waals surface area contributed by atoms with Crippen molar-refractivity contribution in [2.45, 2.75) is 20.3 Å². The van der Waals surface area contributed by atoms with E-state index in [-0.39, 0.29) is 0 Å². The van der Waals surface area contributed by atoms with Crippen molar-refractivity contribution in [2.24, 2.45) is 5.92 Å². The van der Waals surface area contributed by atoms with Crippen molar-refractivity contribution in [3.8, 4) is 5.75 Å². The Morgan fingerprint density at radius 1 is 1.20 bits per heavy atom. The van der Waals surface area contributed by atoms with E-state index in [9.17, 15) is 14.4 Å². The number of carbonyl (C=O) groups excluding carboxylic acids is 3. The largest absolute Gasteiger partial charge is 0.493 e. The van der Waals surface area contributed by atoms with Crippen LogP contribution in [0.4, 0.5) is 0 Å². The van der Waals surface area contributed by atoms with Crippen LogP contribution in [0.1, 0.15) is 30.6 Å². The van der Waals surface area contributed by atoms with Crippen molar-refractivity contribution in [1.29, 1.82) is 0 Å². The maximum atomic E-state index is 11.9. The quantitative estimate of drug-likeness (QED) is 0.330.